The van der Waals surface area contributed by atoms with Crippen LogP contribution in [-0.2, 0) is 18.8 Å². The molecule has 1 amide bonds. The van der Waals surface area contributed by atoms with Crippen LogP contribution in [-0.4, -0.2) is 46.2 Å². The van der Waals surface area contributed by atoms with Gasteiger partial charge in [-0.25, -0.2) is 4.79 Å². The first-order valence-electron chi connectivity index (χ1n) is 8.49. The van der Waals surface area contributed by atoms with E-state index in [1.54, 1.807) is 12.0 Å². The maximum absolute atomic E-state index is 12.9. The third-order valence-electron chi connectivity index (χ3n) is 5.75. The van der Waals surface area contributed by atoms with E-state index in [-0.39, 0.29) is 23.1 Å². The Balaban J connectivity index is 1.91. The summed E-state index contributed by atoms with van der Waals surface area (Å²) >= 11 is 0. The van der Waals surface area contributed by atoms with Gasteiger partial charge in [-0.15, -0.1) is 0 Å². The topological polar surface area (TPSA) is 73.5 Å². The molecule has 132 valence electrons. The zero-order chi connectivity index (χ0) is 17.5. The zero-order valence-electron chi connectivity index (χ0n) is 14.6. The number of nitrogens with zero attached hydrogens (tertiary/aromatic N) is 3. The number of aromatic nitrogens is 2. The molecular weight excluding hydrogens is 310 g/mol. The lowest BCUT2D eigenvalue weighted by Gasteiger charge is -2.43. The van der Waals surface area contributed by atoms with Crippen molar-refractivity contribution in [2.45, 2.75) is 38.2 Å². The molecule has 3 rings (SSSR count). The second-order valence-electron chi connectivity index (χ2n) is 7.08. The van der Waals surface area contributed by atoms with E-state index in [0.717, 1.165) is 36.7 Å². The van der Waals surface area contributed by atoms with Gasteiger partial charge in [0.1, 0.15) is 5.69 Å². The lowest BCUT2D eigenvalue weighted by molar-refractivity contribution is -0.0297. The second kappa shape index (κ2) is 6.20. The molecule has 1 aliphatic carbocycles. The van der Waals surface area contributed by atoms with E-state index in [1.165, 1.54) is 24.7 Å². The first-order valence-corrected chi connectivity index (χ1v) is 8.49. The molecule has 7 heteroatoms. The highest BCUT2D eigenvalue weighted by molar-refractivity contribution is 5.92. The van der Waals surface area contributed by atoms with Gasteiger partial charge in [-0.3, -0.25) is 18.7 Å². The number of amides is 1. The monoisotopic (exact) mass is 335 g/mol. The summed E-state index contributed by atoms with van der Waals surface area (Å²) in [4.78, 5) is 38.7. The molecule has 0 bridgehead atoms. The Labute approximate surface area is 140 Å². The summed E-state index contributed by atoms with van der Waals surface area (Å²) in [7, 11) is 4.68. The molecule has 2 aliphatic rings. The van der Waals surface area contributed by atoms with Crippen molar-refractivity contribution in [3.63, 3.8) is 0 Å². The van der Waals surface area contributed by atoms with Crippen LogP contribution in [0, 0.1) is 5.41 Å². The van der Waals surface area contributed by atoms with Crippen molar-refractivity contribution >= 4 is 5.91 Å². The van der Waals surface area contributed by atoms with Gasteiger partial charge in [0.2, 0.25) is 0 Å². The number of piperidine rings is 1. The number of methoxy groups -OCH3 is 1. The lowest BCUT2D eigenvalue weighted by Crippen LogP contribution is -2.51. The van der Waals surface area contributed by atoms with E-state index in [4.69, 9.17) is 4.74 Å². The quantitative estimate of drug-likeness (QED) is 0.789. The van der Waals surface area contributed by atoms with E-state index >= 15 is 0 Å². The van der Waals surface area contributed by atoms with Gasteiger partial charge in [0.25, 0.3) is 11.5 Å². The smallest absolute Gasteiger partial charge is 0.331 e. The molecule has 7 nitrogen and oxygen atoms in total. The Morgan fingerprint density at radius 2 is 1.92 bits per heavy atom. The van der Waals surface area contributed by atoms with Gasteiger partial charge >= 0.3 is 5.69 Å². The normalized spacial score (nSPS) is 27.0. The summed E-state index contributed by atoms with van der Waals surface area (Å²) < 4.78 is 7.93. The largest absolute Gasteiger partial charge is 0.381 e. The maximum atomic E-state index is 12.9. The van der Waals surface area contributed by atoms with Crippen molar-refractivity contribution in [3.05, 3.63) is 32.6 Å². The molecule has 1 aromatic heterocycles. The maximum Gasteiger partial charge on any atom is 0.331 e. The summed E-state index contributed by atoms with van der Waals surface area (Å²) in [5.74, 6) is -0.242. The second-order valence-corrected chi connectivity index (χ2v) is 7.08. The molecule has 1 saturated carbocycles. The number of likely N-dealkylation sites (tertiary alicyclic amines) is 1. The van der Waals surface area contributed by atoms with Gasteiger partial charge < -0.3 is 9.64 Å². The van der Waals surface area contributed by atoms with Crippen LogP contribution < -0.4 is 11.2 Å². The molecule has 1 saturated heterocycles. The number of rotatable bonds is 2. The minimum atomic E-state index is -0.479. The van der Waals surface area contributed by atoms with Crippen LogP contribution in [0.1, 0.15) is 42.6 Å². The summed E-state index contributed by atoms with van der Waals surface area (Å²) in [6, 6.07) is 1.26. The predicted molar refractivity (Wildman–Crippen MR) is 89.1 cm³/mol. The van der Waals surface area contributed by atoms with Gasteiger partial charge in [0.15, 0.2) is 0 Å². The van der Waals surface area contributed by atoms with E-state index in [9.17, 15) is 14.4 Å². The molecule has 2 atom stereocenters. The highest BCUT2D eigenvalue weighted by atomic mass is 16.5. The Kier molecular flexibility index (Phi) is 4.38. The van der Waals surface area contributed by atoms with Crippen LogP contribution in [0.4, 0.5) is 0 Å². The molecule has 0 radical (unpaired) electrons. The highest BCUT2D eigenvalue weighted by Gasteiger charge is 2.46. The van der Waals surface area contributed by atoms with Gasteiger partial charge in [0, 0.05) is 45.8 Å². The van der Waals surface area contributed by atoms with E-state index in [2.05, 4.69) is 0 Å². The fourth-order valence-electron chi connectivity index (χ4n) is 4.38. The van der Waals surface area contributed by atoms with Crippen molar-refractivity contribution in [1.29, 1.82) is 0 Å². The minimum absolute atomic E-state index is 0.0151. The lowest BCUT2D eigenvalue weighted by atomic mass is 9.76. The van der Waals surface area contributed by atoms with Gasteiger partial charge in [-0.2, -0.15) is 0 Å². The fraction of sp³-hybridized carbons (Fsp3) is 0.706. The Hall–Kier alpha value is -1.89. The molecule has 0 N–H and O–H groups in total. The van der Waals surface area contributed by atoms with E-state index in [1.807, 2.05) is 0 Å². The first-order chi connectivity index (χ1) is 11.4. The minimum Gasteiger partial charge on any atom is -0.381 e. The Morgan fingerprint density at radius 1 is 1.21 bits per heavy atom. The summed E-state index contributed by atoms with van der Waals surface area (Å²) in [6.07, 6.45) is 5.37. The van der Waals surface area contributed by atoms with Crippen molar-refractivity contribution < 1.29 is 9.53 Å². The molecule has 1 aliphatic heterocycles. The van der Waals surface area contributed by atoms with Crippen molar-refractivity contribution in [1.82, 2.24) is 14.0 Å². The van der Waals surface area contributed by atoms with Gasteiger partial charge in [0.05, 0.1) is 6.10 Å². The predicted octanol–water partition coefficient (Wildman–Crippen LogP) is 0.505. The first kappa shape index (κ1) is 17.0. The van der Waals surface area contributed by atoms with Crippen LogP contribution in [0.25, 0.3) is 0 Å². The molecule has 24 heavy (non-hydrogen) atoms. The number of hydrogen-bond acceptors (Lipinski definition) is 4. The Bertz CT molecular complexity index is 766. The zero-order valence-corrected chi connectivity index (χ0v) is 14.6. The highest BCUT2D eigenvalue weighted by Crippen LogP contribution is 2.46. The fourth-order valence-corrected chi connectivity index (χ4v) is 4.38. The van der Waals surface area contributed by atoms with E-state index in [0.29, 0.717) is 13.1 Å². The third-order valence-corrected chi connectivity index (χ3v) is 5.75. The van der Waals surface area contributed by atoms with Crippen molar-refractivity contribution in [2.24, 2.45) is 19.5 Å². The molecule has 1 spiro atoms. The molecule has 0 unspecified atom stereocenters. The summed E-state index contributed by atoms with van der Waals surface area (Å²) in [6.45, 7) is 1.29. The van der Waals surface area contributed by atoms with Crippen LogP contribution in [0.15, 0.2) is 15.7 Å². The summed E-state index contributed by atoms with van der Waals surface area (Å²) in [5.41, 5.74) is -0.759. The number of carbonyl (C=O) groups excluding carboxylic acids is 1. The van der Waals surface area contributed by atoms with Crippen molar-refractivity contribution in [2.75, 3.05) is 20.2 Å². The molecule has 0 aromatic carbocycles. The molecular formula is C17H25N3O4. The van der Waals surface area contributed by atoms with Gasteiger partial charge in [-0.05, 0) is 25.7 Å². The van der Waals surface area contributed by atoms with Crippen LogP contribution >= 0.6 is 0 Å². The van der Waals surface area contributed by atoms with Gasteiger partial charge in [-0.1, -0.05) is 6.42 Å². The number of hydrogen-bond donors (Lipinski definition) is 0. The standard InChI is InChI=1S/C17H25N3O4/c1-18-12(10-14(21)19(2)16(18)23)15(22)20-9-5-8-17(11-20)7-4-6-13(17)24-3/h10,13H,4-9,11H2,1-3H3/t13-,17-/m1/s1. The average Bonchev–Trinajstić information content (AvgIpc) is 2.97. The third kappa shape index (κ3) is 2.60. The molecule has 2 fully saturated rings. The van der Waals surface area contributed by atoms with Crippen LogP contribution in [0.5, 0.6) is 0 Å². The Morgan fingerprint density at radius 3 is 2.62 bits per heavy atom. The van der Waals surface area contributed by atoms with Crippen molar-refractivity contribution in [3.8, 4) is 0 Å². The SMILES string of the molecule is CO[C@@H]1CCC[C@]12CCCN(C(=O)c1cc(=O)n(C)c(=O)n1C)C2. The molecule has 2 heterocycles. The summed E-state index contributed by atoms with van der Waals surface area (Å²) in [5, 5.41) is 0. The number of ether oxygens (including phenoxy) is 1. The van der Waals surface area contributed by atoms with E-state index < -0.39 is 11.2 Å². The van der Waals surface area contributed by atoms with Crippen LogP contribution in [0.3, 0.4) is 0 Å². The number of carbonyl (C=O) groups is 1. The average molecular weight is 335 g/mol. The molecule has 1 aromatic rings. The van der Waals surface area contributed by atoms with Crippen LogP contribution in [0.2, 0.25) is 0 Å².